The summed E-state index contributed by atoms with van der Waals surface area (Å²) in [6.07, 6.45) is -3.86. The van der Waals surface area contributed by atoms with Crippen LogP contribution in [-0.2, 0) is 23.8 Å². The van der Waals surface area contributed by atoms with Crippen LogP contribution in [0.15, 0.2) is 12.2 Å². The van der Waals surface area contributed by atoms with Gasteiger partial charge in [-0.25, -0.2) is 0 Å². The fourth-order valence-corrected chi connectivity index (χ4v) is 6.31. The second-order valence-electron chi connectivity index (χ2n) is 11.2. The van der Waals surface area contributed by atoms with E-state index < -0.39 is 53.6 Å². The first-order valence-electron chi connectivity index (χ1n) is 12.7. The van der Waals surface area contributed by atoms with Crippen molar-refractivity contribution in [2.75, 3.05) is 6.61 Å². The molecule has 1 saturated carbocycles. The van der Waals surface area contributed by atoms with E-state index in [0.29, 0.717) is 18.4 Å². The molecule has 3 rings (SSSR count). The monoisotopic (exact) mass is 498 g/mol. The molecule has 9 nitrogen and oxygen atoms in total. The summed E-state index contributed by atoms with van der Waals surface area (Å²) in [5, 5.41) is 44.1. The van der Waals surface area contributed by atoms with E-state index in [0.717, 1.165) is 0 Å². The Labute approximate surface area is 207 Å². The Morgan fingerprint density at radius 1 is 1.26 bits per heavy atom. The molecule has 0 aromatic rings. The predicted octanol–water partition coefficient (Wildman–Crippen LogP) is 1.49. The normalized spacial score (nSPS) is 44.4. The largest absolute Gasteiger partial charge is 0.466 e. The Hall–Kier alpha value is -1.52. The number of aliphatic hydroxyl groups excluding tert-OH is 3. The highest BCUT2D eigenvalue weighted by Crippen LogP contribution is 2.56. The molecule has 2 heterocycles. The summed E-state index contributed by atoms with van der Waals surface area (Å²) in [5.74, 6) is -2.06. The molecule has 0 unspecified atom stereocenters. The van der Waals surface area contributed by atoms with Gasteiger partial charge in [-0.05, 0) is 56.9 Å². The van der Waals surface area contributed by atoms with Gasteiger partial charge in [0.15, 0.2) is 0 Å². The van der Waals surface area contributed by atoms with Crippen molar-refractivity contribution in [2.45, 2.75) is 108 Å². The number of rotatable bonds is 6. The summed E-state index contributed by atoms with van der Waals surface area (Å²) in [7, 11) is 0. The molecule has 1 aliphatic carbocycles. The Morgan fingerprint density at radius 3 is 2.51 bits per heavy atom. The SMILES string of the molecule is C=C1[C@@H]2[C@@H]3O[C@H]([C@@H]2[C@@H]([C@@H](C)COC(C)=O)C[C@@H]1O)[C@](C)(OC(=O)CCC)CC[C@H](O)[C@@](C)(O)[C@H]3O. The zero-order valence-electron chi connectivity index (χ0n) is 21.5. The van der Waals surface area contributed by atoms with Gasteiger partial charge >= 0.3 is 11.9 Å². The van der Waals surface area contributed by atoms with Crippen LogP contribution in [-0.4, -0.2) is 80.7 Å². The minimum absolute atomic E-state index is 0.0845. The molecule has 9 heteroatoms. The van der Waals surface area contributed by atoms with Gasteiger partial charge in [0.05, 0.1) is 24.9 Å². The van der Waals surface area contributed by atoms with Crippen molar-refractivity contribution in [2.24, 2.45) is 23.7 Å². The molecule has 0 radical (unpaired) electrons. The summed E-state index contributed by atoms with van der Waals surface area (Å²) >= 11 is 0. The van der Waals surface area contributed by atoms with Crippen molar-refractivity contribution in [1.29, 1.82) is 0 Å². The molecule has 0 aromatic carbocycles. The fourth-order valence-electron chi connectivity index (χ4n) is 6.31. The molecule has 200 valence electrons. The van der Waals surface area contributed by atoms with Crippen molar-refractivity contribution in [3.05, 3.63) is 12.2 Å². The van der Waals surface area contributed by atoms with Gasteiger partial charge in [0.2, 0.25) is 0 Å². The molecule has 2 bridgehead atoms. The van der Waals surface area contributed by atoms with Crippen LogP contribution < -0.4 is 0 Å². The number of ether oxygens (including phenoxy) is 3. The first-order valence-corrected chi connectivity index (χ1v) is 12.7. The number of hydrogen-bond donors (Lipinski definition) is 4. The highest BCUT2D eigenvalue weighted by atomic mass is 16.6. The van der Waals surface area contributed by atoms with Crippen molar-refractivity contribution in [3.8, 4) is 0 Å². The third-order valence-electron chi connectivity index (χ3n) is 8.45. The third kappa shape index (κ3) is 5.30. The maximum Gasteiger partial charge on any atom is 0.306 e. The summed E-state index contributed by atoms with van der Waals surface area (Å²) < 4.78 is 17.8. The smallest absolute Gasteiger partial charge is 0.306 e. The number of hydrogen-bond acceptors (Lipinski definition) is 9. The second kappa shape index (κ2) is 10.5. The summed E-state index contributed by atoms with van der Waals surface area (Å²) in [5.41, 5.74) is -2.58. The standard InChI is InChI=1S/C26H42O9/c1-7-8-19(30)35-25(5)10-9-18(29)26(6,32)23(31)22-20-14(3)17(28)11-16(21(20)24(25)34-22)13(2)12-33-15(4)27/h13,16-18,20-24,28-29,31-32H,3,7-12H2,1-2,4-6H3/t13-,16+,17-,18-,20-,21+,22-,23-,24+,25+,26+/m0/s1. The van der Waals surface area contributed by atoms with Gasteiger partial charge in [-0.2, -0.15) is 0 Å². The van der Waals surface area contributed by atoms with Crippen molar-refractivity contribution in [3.63, 3.8) is 0 Å². The Bertz CT molecular complexity index is 811. The zero-order valence-corrected chi connectivity index (χ0v) is 21.5. The Morgan fingerprint density at radius 2 is 1.91 bits per heavy atom. The van der Waals surface area contributed by atoms with Gasteiger partial charge in [0.1, 0.15) is 23.4 Å². The van der Waals surface area contributed by atoms with E-state index >= 15 is 0 Å². The number of esters is 2. The average Bonchev–Trinajstić information content (AvgIpc) is 3.19. The summed E-state index contributed by atoms with van der Waals surface area (Å²) in [6.45, 7) is 12.5. The van der Waals surface area contributed by atoms with Crippen LogP contribution >= 0.6 is 0 Å². The molecule has 0 spiro atoms. The van der Waals surface area contributed by atoms with Gasteiger partial charge in [0.25, 0.3) is 0 Å². The van der Waals surface area contributed by atoms with Gasteiger partial charge in [0, 0.05) is 25.2 Å². The topological polar surface area (TPSA) is 143 Å². The van der Waals surface area contributed by atoms with Crippen LogP contribution in [0, 0.1) is 23.7 Å². The molecule has 2 aliphatic heterocycles. The maximum atomic E-state index is 12.7. The molecule has 2 saturated heterocycles. The lowest BCUT2D eigenvalue weighted by Gasteiger charge is -2.48. The van der Waals surface area contributed by atoms with Gasteiger partial charge < -0.3 is 34.6 Å². The van der Waals surface area contributed by atoms with Gasteiger partial charge in [-0.1, -0.05) is 20.4 Å². The third-order valence-corrected chi connectivity index (χ3v) is 8.45. The molecule has 3 aliphatic rings. The molecule has 3 fully saturated rings. The average molecular weight is 499 g/mol. The predicted molar refractivity (Wildman–Crippen MR) is 126 cm³/mol. The minimum Gasteiger partial charge on any atom is -0.466 e. The van der Waals surface area contributed by atoms with Crippen LogP contribution in [0.25, 0.3) is 0 Å². The molecule has 11 atom stereocenters. The maximum absolute atomic E-state index is 12.7. The highest BCUT2D eigenvalue weighted by Gasteiger charge is 2.64. The fraction of sp³-hybridized carbons (Fsp3) is 0.846. The van der Waals surface area contributed by atoms with Crippen LogP contribution in [0.3, 0.4) is 0 Å². The summed E-state index contributed by atoms with van der Waals surface area (Å²) in [6, 6.07) is 0. The van der Waals surface area contributed by atoms with E-state index in [1.807, 2.05) is 13.8 Å². The van der Waals surface area contributed by atoms with Crippen LogP contribution in [0.4, 0.5) is 0 Å². The lowest BCUT2D eigenvalue weighted by Crippen LogP contribution is -2.58. The molecule has 4 N–H and O–H groups in total. The lowest BCUT2D eigenvalue weighted by atomic mass is 9.59. The number of carbonyl (C=O) groups is 2. The van der Waals surface area contributed by atoms with Crippen LogP contribution in [0.1, 0.15) is 66.7 Å². The molecule has 35 heavy (non-hydrogen) atoms. The second-order valence-corrected chi connectivity index (χ2v) is 11.2. The first kappa shape index (κ1) is 28.1. The van der Waals surface area contributed by atoms with E-state index in [1.165, 1.54) is 13.8 Å². The molecule has 0 aromatic heterocycles. The van der Waals surface area contributed by atoms with E-state index in [2.05, 4.69) is 6.58 Å². The minimum atomic E-state index is -1.90. The molecular weight excluding hydrogens is 456 g/mol. The van der Waals surface area contributed by atoms with E-state index in [1.54, 1.807) is 6.92 Å². The van der Waals surface area contributed by atoms with Crippen LogP contribution in [0.5, 0.6) is 0 Å². The van der Waals surface area contributed by atoms with Crippen molar-refractivity contribution >= 4 is 11.9 Å². The number of fused-ring (bicyclic) bond motifs is 5. The van der Waals surface area contributed by atoms with E-state index in [4.69, 9.17) is 14.2 Å². The molecule has 0 amide bonds. The van der Waals surface area contributed by atoms with E-state index in [-0.39, 0.29) is 49.6 Å². The van der Waals surface area contributed by atoms with Crippen molar-refractivity contribution < 1.29 is 44.2 Å². The van der Waals surface area contributed by atoms with Gasteiger partial charge in [-0.3, -0.25) is 9.59 Å². The first-order chi connectivity index (χ1) is 16.2. The van der Waals surface area contributed by atoms with Crippen molar-refractivity contribution in [1.82, 2.24) is 0 Å². The van der Waals surface area contributed by atoms with E-state index in [9.17, 15) is 30.0 Å². The number of aliphatic hydroxyl groups is 4. The Kier molecular flexibility index (Phi) is 8.38. The zero-order chi connectivity index (χ0) is 26.3. The highest BCUT2D eigenvalue weighted by molar-refractivity contribution is 5.70. The van der Waals surface area contributed by atoms with Gasteiger partial charge in [-0.15, -0.1) is 0 Å². The quantitative estimate of drug-likeness (QED) is 0.316. The number of carbonyl (C=O) groups excluding carboxylic acids is 2. The van der Waals surface area contributed by atoms with Crippen LogP contribution in [0.2, 0.25) is 0 Å². The summed E-state index contributed by atoms with van der Waals surface area (Å²) in [4.78, 5) is 24.1. The Balaban J connectivity index is 2.10. The lowest BCUT2D eigenvalue weighted by molar-refractivity contribution is -0.191. The molecular formula is C26H42O9.